The first-order chi connectivity index (χ1) is 11.3. The molecule has 0 radical (unpaired) electrons. The molecule has 1 aliphatic carbocycles. The summed E-state index contributed by atoms with van der Waals surface area (Å²) in [5.41, 5.74) is 0.831. The van der Waals surface area contributed by atoms with E-state index in [0.717, 1.165) is 56.2 Å². The molecule has 23 heavy (non-hydrogen) atoms. The maximum Gasteiger partial charge on any atom is 0.254 e. The van der Waals surface area contributed by atoms with Gasteiger partial charge < -0.3 is 9.47 Å². The molecule has 2 aromatic heterocycles. The molecule has 1 amide bonds. The lowest BCUT2D eigenvalue weighted by Crippen LogP contribution is -2.38. The third-order valence-electron chi connectivity index (χ3n) is 4.99. The van der Waals surface area contributed by atoms with Gasteiger partial charge in [0.05, 0.1) is 5.56 Å². The van der Waals surface area contributed by atoms with Crippen LogP contribution in [-0.2, 0) is 13.0 Å². The highest BCUT2D eigenvalue weighted by Gasteiger charge is 2.26. The molecular formula is C17H22N4OS. The zero-order valence-corrected chi connectivity index (χ0v) is 14.0. The Hall–Kier alpha value is -1.69. The Balaban J connectivity index is 1.31. The van der Waals surface area contributed by atoms with E-state index in [1.807, 2.05) is 28.1 Å². The minimum Gasteiger partial charge on any atom is -0.339 e. The minimum atomic E-state index is 0.182. The van der Waals surface area contributed by atoms with E-state index >= 15 is 0 Å². The number of carbonyl (C=O) groups excluding carboxylic acids is 1. The third-order valence-corrected chi connectivity index (χ3v) is 5.67. The first-order valence-corrected chi connectivity index (χ1v) is 9.42. The number of carbonyl (C=O) groups is 1. The van der Waals surface area contributed by atoms with Crippen molar-refractivity contribution in [3.05, 3.63) is 34.5 Å². The van der Waals surface area contributed by atoms with Gasteiger partial charge in [0.15, 0.2) is 0 Å². The molecule has 2 aromatic rings. The van der Waals surface area contributed by atoms with Gasteiger partial charge in [-0.3, -0.25) is 4.79 Å². The van der Waals surface area contributed by atoms with E-state index in [0.29, 0.717) is 5.92 Å². The van der Waals surface area contributed by atoms with Crippen molar-refractivity contribution in [3.8, 4) is 0 Å². The quantitative estimate of drug-likeness (QED) is 0.847. The molecule has 0 bridgehead atoms. The van der Waals surface area contributed by atoms with Crippen LogP contribution in [0.25, 0.3) is 0 Å². The molecule has 0 spiro atoms. The number of likely N-dealkylation sites (tertiary alicyclic amines) is 1. The SMILES string of the molecule is O=C(c1ccsc1)N1CCC(Cc2nncn2CC2CC2)CC1. The Bertz CT molecular complexity index is 654. The fourth-order valence-corrected chi connectivity index (χ4v) is 3.96. The number of rotatable bonds is 5. The average molecular weight is 330 g/mol. The van der Waals surface area contributed by atoms with Crippen LogP contribution in [0.1, 0.15) is 41.9 Å². The Labute approximate surface area is 140 Å². The number of hydrogen-bond donors (Lipinski definition) is 0. The fourth-order valence-electron chi connectivity index (χ4n) is 3.34. The highest BCUT2D eigenvalue weighted by atomic mass is 32.1. The summed E-state index contributed by atoms with van der Waals surface area (Å²) in [5.74, 6) is 2.76. The average Bonchev–Trinajstić information content (AvgIpc) is 3.04. The molecule has 0 N–H and O–H groups in total. The summed E-state index contributed by atoms with van der Waals surface area (Å²) in [6.45, 7) is 2.80. The van der Waals surface area contributed by atoms with Gasteiger partial charge in [0.1, 0.15) is 12.2 Å². The van der Waals surface area contributed by atoms with Crippen LogP contribution in [0.15, 0.2) is 23.2 Å². The summed E-state index contributed by atoms with van der Waals surface area (Å²) in [4.78, 5) is 14.4. The van der Waals surface area contributed by atoms with Gasteiger partial charge in [-0.05, 0) is 49.0 Å². The molecule has 3 heterocycles. The zero-order valence-electron chi connectivity index (χ0n) is 13.2. The highest BCUT2D eigenvalue weighted by molar-refractivity contribution is 7.08. The summed E-state index contributed by atoms with van der Waals surface area (Å²) >= 11 is 1.58. The van der Waals surface area contributed by atoms with Crippen LogP contribution >= 0.6 is 11.3 Å². The van der Waals surface area contributed by atoms with E-state index in [1.165, 1.54) is 12.8 Å². The van der Waals surface area contributed by atoms with Gasteiger partial charge in [-0.2, -0.15) is 11.3 Å². The fraction of sp³-hybridized carbons (Fsp3) is 0.588. The zero-order chi connectivity index (χ0) is 15.6. The van der Waals surface area contributed by atoms with Gasteiger partial charge in [0, 0.05) is 31.4 Å². The van der Waals surface area contributed by atoms with Crippen LogP contribution in [0.2, 0.25) is 0 Å². The van der Waals surface area contributed by atoms with Crippen LogP contribution in [-0.4, -0.2) is 38.7 Å². The van der Waals surface area contributed by atoms with Crippen molar-refractivity contribution >= 4 is 17.2 Å². The van der Waals surface area contributed by atoms with Gasteiger partial charge in [-0.25, -0.2) is 0 Å². The largest absolute Gasteiger partial charge is 0.339 e. The molecule has 5 nitrogen and oxygen atoms in total. The maximum absolute atomic E-state index is 12.4. The van der Waals surface area contributed by atoms with Crippen LogP contribution in [0.4, 0.5) is 0 Å². The summed E-state index contributed by atoms with van der Waals surface area (Å²) in [5, 5.41) is 12.3. The number of piperidine rings is 1. The monoisotopic (exact) mass is 330 g/mol. The summed E-state index contributed by atoms with van der Waals surface area (Å²) in [6.07, 6.45) is 7.69. The smallest absolute Gasteiger partial charge is 0.254 e. The van der Waals surface area contributed by atoms with Crippen molar-refractivity contribution < 1.29 is 4.79 Å². The van der Waals surface area contributed by atoms with Crippen LogP contribution in [0, 0.1) is 11.8 Å². The lowest BCUT2D eigenvalue weighted by molar-refractivity contribution is 0.0690. The molecule has 0 aromatic carbocycles. The molecule has 4 rings (SSSR count). The van der Waals surface area contributed by atoms with Crippen molar-refractivity contribution in [2.24, 2.45) is 11.8 Å². The van der Waals surface area contributed by atoms with E-state index < -0.39 is 0 Å². The van der Waals surface area contributed by atoms with Crippen LogP contribution in [0.5, 0.6) is 0 Å². The minimum absolute atomic E-state index is 0.182. The second-order valence-corrected chi connectivity index (χ2v) is 7.57. The standard InChI is InChI=1S/C17H22N4OS/c22-17(15-5-8-23-11-15)20-6-3-13(4-7-20)9-16-19-18-12-21(16)10-14-1-2-14/h5,8,11-14H,1-4,6-7,9-10H2. The summed E-state index contributed by atoms with van der Waals surface area (Å²) < 4.78 is 2.24. The first-order valence-electron chi connectivity index (χ1n) is 8.48. The normalized spacial score (nSPS) is 19.2. The highest BCUT2D eigenvalue weighted by Crippen LogP contribution is 2.31. The molecule has 0 unspecified atom stereocenters. The number of nitrogens with zero attached hydrogens (tertiary/aromatic N) is 4. The van der Waals surface area contributed by atoms with E-state index in [4.69, 9.17) is 0 Å². The molecule has 2 aliphatic rings. The Kier molecular flexibility index (Phi) is 4.16. The molecule has 0 atom stereocenters. The molecule has 1 aliphatic heterocycles. The molecule has 1 saturated carbocycles. The number of thiophene rings is 1. The van der Waals surface area contributed by atoms with E-state index in [-0.39, 0.29) is 5.91 Å². The lowest BCUT2D eigenvalue weighted by Gasteiger charge is -2.31. The van der Waals surface area contributed by atoms with Crippen molar-refractivity contribution in [2.75, 3.05) is 13.1 Å². The molecule has 6 heteroatoms. The van der Waals surface area contributed by atoms with E-state index in [9.17, 15) is 4.79 Å². The molecular weight excluding hydrogens is 308 g/mol. The molecule has 2 fully saturated rings. The number of aromatic nitrogens is 3. The van der Waals surface area contributed by atoms with Crippen LogP contribution in [0.3, 0.4) is 0 Å². The second-order valence-electron chi connectivity index (χ2n) is 6.79. The van der Waals surface area contributed by atoms with Gasteiger partial charge >= 0.3 is 0 Å². The van der Waals surface area contributed by atoms with Gasteiger partial charge in [-0.15, -0.1) is 10.2 Å². The third kappa shape index (κ3) is 3.47. The van der Waals surface area contributed by atoms with Gasteiger partial charge in [0.25, 0.3) is 5.91 Å². The first kappa shape index (κ1) is 14.9. The molecule has 122 valence electrons. The Morgan fingerprint density at radius 3 is 2.74 bits per heavy atom. The maximum atomic E-state index is 12.4. The van der Waals surface area contributed by atoms with Crippen molar-refractivity contribution in [1.82, 2.24) is 19.7 Å². The summed E-state index contributed by atoms with van der Waals surface area (Å²) in [6, 6.07) is 1.92. The predicted molar refractivity (Wildman–Crippen MR) is 89.4 cm³/mol. The van der Waals surface area contributed by atoms with Crippen molar-refractivity contribution in [2.45, 2.75) is 38.6 Å². The summed E-state index contributed by atoms with van der Waals surface area (Å²) in [7, 11) is 0. The molecule has 1 saturated heterocycles. The van der Waals surface area contributed by atoms with Crippen molar-refractivity contribution in [3.63, 3.8) is 0 Å². The topological polar surface area (TPSA) is 51.0 Å². The van der Waals surface area contributed by atoms with E-state index in [2.05, 4.69) is 14.8 Å². The van der Waals surface area contributed by atoms with Gasteiger partial charge in [0.2, 0.25) is 0 Å². The number of hydrogen-bond acceptors (Lipinski definition) is 4. The Morgan fingerprint density at radius 1 is 1.22 bits per heavy atom. The van der Waals surface area contributed by atoms with Crippen molar-refractivity contribution in [1.29, 1.82) is 0 Å². The van der Waals surface area contributed by atoms with E-state index in [1.54, 1.807) is 11.3 Å². The Morgan fingerprint density at radius 2 is 2.04 bits per heavy atom. The predicted octanol–water partition coefficient (Wildman–Crippen LogP) is 2.84. The lowest BCUT2D eigenvalue weighted by atomic mass is 9.93. The second kappa shape index (κ2) is 6.43. The van der Waals surface area contributed by atoms with Crippen LogP contribution < -0.4 is 0 Å². The van der Waals surface area contributed by atoms with Gasteiger partial charge in [-0.1, -0.05) is 0 Å². The number of amides is 1.